The van der Waals surface area contributed by atoms with Gasteiger partial charge in [-0.2, -0.15) is 0 Å². The SMILES string of the molecule is Nc1ccc(S(=O)(=O)Cc2c(Cl)cccc2Cl)cc1. The van der Waals surface area contributed by atoms with Gasteiger partial charge >= 0.3 is 0 Å². The molecule has 0 heterocycles. The van der Waals surface area contributed by atoms with Crippen LogP contribution in [0.15, 0.2) is 47.4 Å². The molecular formula is C13H11Cl2NO2S. The fraction of sp³-hybridized carbons (Fsp3) is 0.0769. The van der Waals surface area contributed by atoms with Crippen molar-refractivity contribution in [2.45, 2.75) is 10.6 Å². The molecule has 0 saturated carbocycles. The lowest BCUT2D eigenvalue weighted by molar-refractivity contribution is 0.595. The van der Waals surface area contributed by atoms with Crippen molar-refractivity contribution in [3.8, 4) is 0 Å². The van der Waals surface area contributed by atoms with Gasteiger partial charge in [0.05, 0.1) is 10.6 Å². The first-order valence-electron chi connectivity index (χ1n) is 5.41. The molecule has 0 spiro atoms. The summed E-state index contributed by atoms with van der Waals surface area (Å²) < 4.78 is 24.5. The van der Waals surface area contributed by atoms with Crippen molar-refractivity contribution in [1.82, 2.24) is 0 Å². The number of anilines is 1. The van der Waals surface area contributed by atoms with E-state index in [1.165, 1.54) is 12.1 Å². The molecule has 0 saturated heterocycles. The summed E-state index contributed by atoms with van der Waals surface area (Å²) in [6.07, 6.45) is 0. The third kappa shape index (κ3) is 3.21. The highest BCUT2D eigenvalue weighted by Crippen LogP contribution is 2.28. The molecule has 2 aromatic rings. The van der Waals surface area contributed by atoms with Crippen LogP contribution >= 0.6 is 23.2 Å². The number of rotatable bonds is 3. The number of hydrogen-bond acceptors (Lipinski definition) is 3. The topological polar surface area (TPSA) is 60.2 Å². The summed E-state index contributed by atoms with van der Waals surface area (Å²) >= 11 is 12.0. The molecular weight excluding hydrogens is 305 g/mol. The van der Waals surface area contributed by atoms with Gasteiger partial charge in [-0.3, -0.25) is 0 Å². The minimum absolute atomic E-state index is 0.192. The Balaban J connectivity index is 2.39. The lowest BCUT2D eigenvalue weighted by atomic mass is 10.2. The zero-order chi connectivity index (χ0) is 14.0. The molecule has 0 bridgehead atoms. The molecule has 3 nitrogen and oxygen atoms in total. The van der Waals surface area contributed by atoms with Crippen molar-refractivity contribution in [3.63, 3.8) is 0 Å². The second kappa shape index (κ2) is 5.41. The molecule has 2 aromatic carbocycles. The quantitative estimate of drug-likeness (QED) is 0.881. The van der Waals surface area contributed by atoms with Crippen LogP contribution in [-0.2, 0) is 15.6 Å². The Bertz CT molecular complexity index is 677. The second-order valence-electron chi connectivity index (χ2n) is 4.03. The molecule has 0 aromatic heterocycles. The summed E-state index contributed by atoms with van der Waals surface area (Å²) in [4.78, 5) is 0.192. The van der Waals surface area contributed by atoms with Gasteiger partial charge in [-0.15, -0.1) is 0 Å². The van der Waals surface area contributed by atoms with Gasteiger partial charge in [-0.05, 0) is 36.4 Å². The van der Waals surface area contributed by atoms with Crippen LogP contribution in [0.3, 0.4) is 0 Å². The summed E-state index contributed by atoms with van der Waals surface area (Å²) in [5.74, 6) is -0.241. The van der Waals surface area contributed by atoms with Gasteiger partial charge in [0.15, 0.2) is 9.84 Å². The molecule has 0 amide bonds. The van der Waals surface area contributed by atoms with Crippen LogP contribution < -0.4 is 5.73 Å². The smallest absolute Gasteiger partial charge is 0.182 e. The van der Waals surface area contributed by atoms with Crippen molar-refractivity contribution >= 4 is 38.7 Å². The van der Waals surface area contributed by atoms with Crippen molar-refractivity contribution in [2.75, 3.05) is 5.73 Å². The minimum Gasteiger partial charge on any atom is -0.399 e. The first-order valence-corrected chi connectivity index (χ1v) is 7.82. The number of halogens is 2. The Labute approximate surface area is 121 Å². The largest absolute Gasteiger partial charge is 0.399 e. The van der Waals surface area contributed by atoms with E-state index in [9.17, 15) is 8.42 Å². The average molecular weight is 316 g/mol. The Morgan fingerprint density at radius 2 is 1.47 bits per heavy atom. The maximum Gasteiger partial charge on any atom is 0.182 e. The number of nitrogens with two attached hydrogens (primary N) is 1. The fourth-order valence-electron chi connectivity index (χ4n) is 1.62. The summed E-state index contributed by atoms with van der Waals surface area (Å²) in [6.45, 7) is 0. The van der Waals surface area contributed by atoms with E-state index >= 15 is 0 Å². The third-order valence-electron chi connectivity index (χ3n) is 2.64. The van der Waals surface area contributed by atoms with Gasteiger partial charge in [0.1, 0.15) is 0 Å². The summed E-state index contributed by atoms with van der Waals surface area (Å²) in [5, 5.41) is 0.679. The summed E-state index contributed by atoms with van der Waals surface area (Å²) in [5.41, 5.74) is 6.45. The first kappa shape index (κ1) is 14.2. The van der Waals surface area contributed by atoms with E-state index in [2.05, 4.69) is 0 Å². The minimum atomic E-state index is -3.50. The fourth-order valence-corrected chi connectivity index (χ4v) is 3.72. The lowest BCUT2D eigenvalue weighted by Gasteiger charge is -2.08. The maximum absolute atomic E-state index is 12.3. The van der Waals surface area contributed by atoms with Gasteiger partial charge in [0.2, 0.25) is 0 Å². The molecule has 0 aliphatic rings. The first-order chi connectivity index (χ1) is 8.90. The van der Waals surface area contributed by atoms with Crippen LogP contribution in [0.5, 0.6) is 0 Å². The van der Waals surface area contributed by atoms with E-state index in [1.807, 2.05) is 0 Å². The molecule has 2 N–H and O–H groups in total. The van der Waals surface area contributed by atoms with E-state index in [0.717, 1.165) is 0 Å². The van der Waals surface area contributed by atoms with Crippen LogP contribution in [0.25, 0.3) is 0 Å². The standard InChI is InChI=1S/C13H11Cl2NO2S/c14-12-2-1-3-13(15)11(12)8-19(17,18)10-6-4-9(16)5-7-10/h1-7H,8,16H2. The Morgan fingerprint density at radius 3 is 2.00 bits per heavy atom. The monoisotopic (exact) mass is 315 g/mol. The Hall–Kier alpha value is -1.23. The van der Waals surface area contributed by atoms with Crippen molar-refractivity contribution in [2.24, 2.45) is 0 Å². The number of nitrogen functional groups attached to an aromatic ring is 1. The van der Waals surface area contributed by atoms with Gasteiger partial charge in [-0.1, -0.05) is 29.3 Å². The van der Waals surface area contributed by atoms with E-state index < -0.39 is 9.84 Å². The average Bonchev–Trinajstić information content (AvgIpc) is 2.35. The Morgan fingerprint density at radius 1 is 0.947 bits per heavy atom. The van der Waals surface area contributed by atoms with Crippen molar-refractivity contribution in [3.05, 3.63) is 58.1 Å². The van der Waals surface area contributed by atoms with E-state index in [4.69, 9.17) is 28.9 Å². The highest BCUT2D eigenvalue weighted by Gasteiger charge is 2.18. The summed E-state index contributed by atoms with van der Waals surface area (Å²) in [6, 6.07) is 10.9. The zero-order valence-electron chi connectivity index (χ0n) is 9.81. The van der Waals surface area contributed by atoms with Crippen LogP contribution in [0.4, 0.5) is 5.69 Å². The summed E-state index contributed by atoms with van der Waals surface area (Å²) in [7, 11) is -3.50. The van der Waals surface area contributed by atoms with E-state index in [-0.39, 0.29) is 10.6 Å². The second-order valence-corrected chi connectivity index (χ2v) is 6.83. The van der Waals surface area contributed by atoms with Crippen LogP contribution in [-0.4, -0.2) is 8.42 Å². The predicted molar refractivity (Wildman–Crippen MR) is 78.2 cm³/mol. The molecule has 0 radical (unpaired) electrons. The molecule has 100 valence electrons. The number of hydrogen-bond donors (Lipinski definition) is 1. The van der Waals surface area contributed by atoms with Gasteiger partial charge in [0, 0.05) is 21.3 Å². The van der Waals surface area contributed by atoms with Gasteiger partial charge in [0.25, 0.3) is 0 Å². The van der Waals surface area contributed by atoms with Crippen LogP contribution in [0, 0.1) is 0 Å². The molecule has 0 aliphatic heterocycles. The maximum atomic E-state index is 12.3. The number of sulfone groups is 1. The molecule has 0 unspecified atom stereocenters. The predicted octanol–water partition coefficient (Wildman–Crippen LogP) is 3.55. The van der Waals surface area contributed by atoms with Gasteiger partial charge < -0.3 is 5.73 Å². The highest BCUT2D eigenvalue weighted by atomic mass is 35.5. The molecule has 0 atom stereocenters. The molecule has 6 heteroatoms. The Kier molecular flexibility index (Phi) is 4.04. The van der Waals surface area contributed by atoms with Gasteiger partial charge in [-0.25, -0.2) is 8.42 Å². The van der Waals surface area contributed by atoms with Crippen molar-refractivity contribution < 1.29 is 8.42 Å². The lowest BCUT2D eigenvalue weighted by Crippen LogP contribution is -2.06. The zero-order valence-corrected chi connectivity index (χ0v) is 12.1. The normalized spacial score (nSPS) is 11.5. The highest BCUT2D eigenvalue weighted by molar-refractivity contribution is 7.90. The van der Waals surface area contributed by atoms with Crippen LogP contribution in [0.1, 0.15) is 5.56 Å². The molecule has 2 rings (SSSR count). The van der Waals surface area contributed by atoms with Crippen molar-refractivity contribution in [1.29, 1.82) is 0 Å². The third-order valence-corrected chi connectivity index (χ3v) is 5.00. The molecule has 0 fully saturated rings. The van der Waals surface area contributed by atoms with E-state index in [0.29, 0.717) is 21.3 Å². The molecule has 0 aliphatic carbocycles. The molecule has 19 heavy (non-hydrogen) atoms. The van der Waals surface area contributed by atoms with E-state index in [1.54, 1.807) is 30.3 Å². The van der Waals surface area contributed by atoms with Crippen LogP contribution in [0.2, 0.25) is 10.0 Å². The number of benzene rings is 2.